The molecule has 0 saturated carbocycles. The van der Waals surface area contributed by atoms with E-state index in [1.54, 1.807) is 29.2 Å². The highest BCUT2D eigenvalue weighted by atomic mass is 19.1. The number of piperidine rings is 1. The van der Waals surface area contributed by atoms with Gasteiger partial charge in [-0.25, -0.2) is 23.4 Å². The number of halogens is 2. The van der Waals surface area contributed by atoms with Crippen molar-refractivity contribution in [3.8, 4) is 28.9 Å². The van der Waals surface area contributed by atoms with Crippen molar-refractivity contribution in [1.29, 1.82) is 5.26 Å². The molecule has 1 fully saturated rings. The van der Waals surface area contributed by atoms with Crippen LogP contribution in [-0.4, -0.2) is 37.2 Å². The van der Waals surface area contributed by atoms with Gasteiger partial charge in [0.15, 0.2) is 23.4 Å². The molecular weight excluding hydrogens is 440 g/mol. The van der Waals surface area contributed by atoms with E-state index in [1.807, 2.05) is 11.6 Å². The van der Waals surface area contributed by atoms with E-state index in [0.717, 1.165) is 30.5 Å². The molecule has 10 heteroatoms. The average molecular weight is 461 g/mol. The number of aromatic nitrogens is 4. The molecule has 0 unspecified atom stereocenters. The van der Waals surface area contributed by atoms with E-state index in [9.17, 15) is 14.0 Å². The second-order valence-electron chi connectivity index (χ2n) is 8.28. The molecule has 1 saturated heterocycles. The van der Waals surface area contributed by atoms with Crippen molar-refractivity contribution in [3.05, 3.63) is 60.4 Å². The van der Waals surface area contributed by atoms with Crippen LogP contribution in [0.5, 0.6) is 11.5 Å². The van der Waals surface area contributed by atoms with E-state index in [-0.39, 0.29) is 17.8 Å². The molecule has 8 nitrogen and oxygen atoms in total. The lowest BCUT2D eigenvalue weighted by Crippen LogP contribution is -2.39. The Morgan fingerprint density at radius 2 is 1.91 bits per heavy atom. The minimum absolute atomic E-state index is 0.0366. The smallest absolute Gasteiger partial charge is 0.179 e. The van der Waals surface area contributed by atoms with Crippen LogP contribution in [0.4, 0.5) is 14.6 Å². The molecule has 2 N–H and O–H groups in total. The van der Waals surface area contributed by atoms with E-state index in [4.69, 9.17) is 15.6 Å². The van der Waals surface area contributed by atoms with E-state index in [2.05, 4.69) is 16.2 Å². The lowest BCUT2D eigenvalue weighted by atomic mass is 10.0. The summed E-state index contributed by atoms with van der Waals surface area (Å²) in [5, 5.41) is 14.9. The van der Waals surface area contributed by atoms with Crippen molar-refractivity contribution in [2.24, 2.45) is 0 Å². The first kappa shape index (κ1) is 21.6. The van der Waals surface area contributed by atoms with Gasteiger partial charge in [0.2, 0.25) is 0 Å². The van der Waals surface area contributed by atoms with Gasteiger partial charge in [0, 0.05) is 17.7 Å². The second kappa shape index (κ2) is 8.59. The number of nitrogen functional groups attached to an aromatic ring is 1. The fraction of sp³-hybridized carbons (Fsp3) is 0.250. The van der Waals surface area contributed by atoms with Gasteiger partial charge in [-0.2, -0.15) is 10.4 Å². The van der Waals surface area contributed by atoms with Crippen LogP contribution >= 0.6 is 0 Å². The van der Waals surface area contributed by atoms with Gasteiger partial charge in [0.1, 0.15) is 29.4 Å². The maximum atomic E-state index is 13.9. The van der Waals surface area contributed by atoms with E-state index in [1.165, 1.54) is 12.4 Å². The monoisotopic (exact) mass is 461 g/mol. The number of anilines is 1. The standard InChI is InChI=1S/C24H21F2N7O/c1-14-2-6-17(11-32(14)12-27)33-24-21(23(28)29-13-30-24)22(31-33)15-3-7-18(8-4-15)34-20-9-5-16(25)10-19(20)26/h3-5,7-10,13-14,17H,2,6,11H2,1H3,(H2,28,29,30)/t14-,17+/m1/s1. The summed E-state index contributed by atoms with van der Waals surface area (Å²) >= 11 is 0. The quantitative estimate of drug-likeness (QED) is 0.441. The lowest BCUT2D eigenvalue weighted by Gasteiger charge is -2.34. The van der Waals surface area contributed by atoms with Crippen LogP contribution in [0.1, 0.15) is 25.8 Å². The predicted molar refractivity (Wildman–Crippen MR) is 122 cm³/mol. The average Bonchev–Trinajstić information content (AvgIpc) is 3.23. The fourth-order valence-electron chi connectivity index (χ4n) is 4.24. The van der Waals surface area contributed by atoms with Gasteiger partial charge in [-0.15, -0.1) is 0 Å². The van der Waals surface area contributed by atoms with Gasteiger partial charge in [-0.05, 0) is 56.2 Å². The molecule has 0 amide bonds. The SMILES string of the molecule is C[C@@H]1CC[C@H](n2nc(-c3ccc(Oc4ccc(F)cc4F)cc3)c3c(N)ncnc32)CN1C#N. The zero-order valence-corrected chi connectivity index (χ0v) is 18.3. The molecule has 2 aromatic heterocycles. The zero-order valence-electron chi connectivity index (χ0n) is 18.3. The number of nitrogens with two attached hydrogens (primary N) is 1. The first-order valence-corrected chi connectivity index (χ1v) is 10.8. The highest BCUT2D eigenvalue weighted by molar-refractivity contribution is 5.98. The van der Waals surface area contributed by atoms with Crippen molar-refractivity contribution in [1.82, 2.24) is 24.6 Å². The lowest BCUT2D eigenvalue weighted by molar-refractivity contribution is 0.179. The van der Waals surface area contributed by atoms with Crippen LogP contribution in [0.2, 0.25) is 0 Å². The number of benzene rings is 2. The number of nitrogens with zero attached hydrogens (tertiary/aromatic N) is 6. The van der Waals surface area contributed by atoms with Crippen LogP contribution in [-0.2, 0) is 0 Å². The van der Waals surface area contributed by atoms with Crippen molar-refractivity contribution < 1.29 is 13.5 Å². The van der Waals surface area contributed by atoms with Crippen molar-refractivity contribution in [2.75, 3.05) is 12.3 Å². The first-order chi connectivity index (χ1) is 16.4. The van der Waals surface area contributed by atoms with Gasteiger partial charge in [-0.1, -0.05) is 0 Å². The van der Waals surface area contributed by atoms with Crippen LogP contribution < -0.4 is 10.5 Å². The highest BCUT2D eigenvalue weighted by Gasteiger charge is 2.29. The van der Waals surface area contributed by atoms with Crippen LogP contribution in [0.25, 0.3) is 22.3 Å². The normalized spacial score (nSPS) is 18.1. The number of rotatable bonds is 4. The van der Waals surface area contributed by atoms with Crippen LogP contribution in [0, 0.1) is 23.1 Å². The fourth-order valence-corrected chi connectivity index (χ4v) is 4.24. The molecule has 0 spiro atoms. The largest absolute Gasteiger partial charge is 0.454 e. The van der Waals surface area contributed by atoms with E-state index >= 15 is 0 Å². The Morgan fingerprint density at radius 3 is 2.65 bits per heavy atom. The summed E-state index contributed by atoms with van der Waals surface area (Å²) in [6, 6.07) is 10.2. The van der Waals surface area contributed by atoms with Gasteiger partial charge in [0.25, 0.3) is 0 Å². The molecule has 0 bridgehead atoms. The Bertz CT molecular complexity index is 1400. The molecule has 34 heavy (non-hydrogen) atoms. The molecule has 2 atom stereocenters. The third-order valence-corrected chi connectivity index (χ3v) is 6.10. The van der Waals surface area contributed by atoms with Gasteiger partial charge in [-0.3, -0.25) is 0 Å². The van der Waals surface area contributed by atoms with E-state index < -0.39 is 11.6 Å². The van der Waals surface area contributed by atoms with Crippen molar-refractivity contribution in [2.45, 2.75) is 31.8 Å². The molecule has 172 valence electrons. The summed E-state index contributed by atoms with van der Waals surface area (Å²) in [7, 11) is 0. The van der Waals surface area contributed by atoms with Crippen LogP contribution in [0.15, 0.2) is 48.8 Å². The molecule has 1 aliphatic rings. The molecule has 1 aliphatic heterocycles. The number of hydrogen-bond acceptors (Lipinski definition) is 7. The molecule has 4 aromatic rings. The molecule has 2 aromatic carbocycles. The van der Waals surface area contributed by atoms with E-state index in [0.29, 0.717) is 34.8 Å². The second-order valence-corrected chi connectivity index (χ2v) is 8.28. The maximum Gasteiger partial charge on any atom is 0.179 e. The van der Waals surface area contributed by atoms with Crippen molar-refractivity contribution in [3.63, 3.8) is 0 Å². The van der Waals surface area contributed by atoms with Gasteiger partial charge < -0.3 is 15.4 Å². The first-order valence-electron chi connectivity index (χ1n) is 10.8. The predicted octanol–water partition coefficient (Wildman–Crippen LogP) is 4.65. The third kappa shape index (κ3) is 3.85. The summed E-state index contributed by atoms with van der Waals surface area (Å²) < 4.78 is 34.4. The Kier molecular flexibility index (Phi) is 5.45. The summed E-state index contributed by atoms with van der Waals surface area (Å²) in [5.41, 5.74) is 8.17. The Balaban J connectivity index is 1.50. The topological polar surface area (TPSA) is 106 Å². The molecule has 3 heterocycles. The number of likely N-dealkylation sites (tertiary alicyclic amines) is 1. The molecular formula is C24H21F2N7O. The van der Waals surface area contributed by atoms with Crippen molar-refractivity contribution >= 4 is 16.9 Å². The Labute approximate surface area is 194 Å². The number of fused-ring (bicyclic) bond motifs is 1. The minimum atomic E-state index is -0.785. The number of nitriles is 1. The molecule has 0 radical (unpaired) electrons. The summed E-state index contributed by atoms with van der Waals surface area (Å²) in [4.78, 5) is 10.3. The summed E-state index contributed by atoms with van der Waals surface area (Å²) in [6.45, 7) is 2.57. The summed E-state index contributed by atoms with van der Waals surface area (Å²) in [5.74, 6) is -0.843. The zero-order chi connectivity index (χ0) is 23.8. The number of ether oxygens (including phenoxy) is 1. The van der Waals surface area contributed by atoms with Crippen LogP contribution in [0.3, 0.4) is 0 Å². The molecule has 5 rings (SSSR count). The third-order valence-electron chi connectivity index (χ3n) is 6.10. The summed E-state index contributed by atoms with van der Waals surface area (Å²) in [6.07, 6.45) is 5.38. The maximum absolute atomic E-state index is 13.9. The minimum Gasteiger partial charge on any atom is -0.454 e. The Morgan fingerprint density at radius 1 is 1.12 bits per heavy atom. The Hall–Kier alpha value is -4.26. The highest BCUT2D eigenvalue weighted by Crippen LogP contribution is 2.35. The molecule has 0 aliphatic carbocycles. The van der Waals surface area contributed by atoms with Gasteiger partial charge >= 0.3 is 0 Å². The number of hydrogen-bond donors (Lipinski definition) is 1. The van der Waals surface area contributed by atoms with Gasteiger partial charge in [0.05, 0.1) is 18.0 Å².